The minimum Gasteiger partial charge on any atom is -0.324 e. The summed E-state index contributed by atoms with van der Waals surface area (Å²) >= 11 is 0. The van der Waals surface area contributed by atoms with Crippen molar-refractivity contribution in [2.24, 2.45) is 0 Å². The van der Waals surface area contributed by atoms with Crippen molar-refractivity contribution in [2.75, 3.05) is 5.32 Å². The fourth-order valence-corrected chi connectivity index (χ4v) is 2.29. The maximum absolute atomic E-state index is 12.1. The van der Waals surface area contributed by atoms with Crippen molar-refractivity contribution >= 4 is 24.0 Å². The van der Waals surface area contributed by atoms with Gasteiger partial charge in [0.2, 0.25) is 5.91 Å². The zero-order valence-corrected chi connectivity index (χ0v) is 12.9. The van der Waals surface area contributed by atoms with E-state index in [4.69, 9.17) is 0 Å². The highest BCUT2D eigenvalue weighted by molar-refractivity contribution is 5.96. The van der Waals surface area contributed by atoms with Crippen molar-refractivity contribution in [1.29, 1.82) is 0 Å². The van der Waals surface area contributed by atoms with Crippen LogP contribution in [-0.4, -0.2) is 18.0 Å². The van der Waals surface area contributed by atoms with Gasteiger partial charge in [0.05, 0.1) is 6.04 Å². The number of hydrogen-bond acceptors (Lipinski definition) is 2. The van der Waals surface area contributed by atoms with E-state index in [0.29, 0.717) is 6.04 Å². The van der Waals surface area contributed by atoms with Crippen LogP contribution in [0, 0.1) is 20.8 Å². The second-order valence-electron chi connectivity index (χ2n) is 5.43. The molecule has 2 N–H and O–H groups in total. The Labute approximate surface area is 121 Å². The third-order valence-electron chi connectivity index (χ3n) is 3.38. The lowest BCUT2D eigenvalue weighted by Gasteiger charge is -2.17. The first-order chi connectivity index (χ1) is 8.47. The number of carbonyl (C=O) groups excluding carboxylic acids is 1. The molecule has 1 unspecified atom stereocenters. The lowest BCUT2D eigenvalue weighted by atomic mass is 10.0. The standard InChI is InChI=1S/C15H22N2O.ClH/c1-9-7-10(2)14(11(3)8-9)17-15(18)12(4)16-13-5-6-13;/h7-8,12-13,16H,5-6H2,1-4H3,(H,17,18);1H. The molecule has 0 aromatic heterocycles. The maximum atomic E-state index is 12.1. The predicted molar refractivity (Wildman–Crippen MR) is 82.2 cm³/mol. The Morgan fingerprint density at radius 1 is 1.21 bits per heavy atom. The van der Waals surface area contributed by atoms with Crippen LogP contribution < -0.4 is 10.6 Å². The van der Waals surface area contributed by atoms with Crippen LogP contribution in [0.1, 0.15) is 36.5 Å². The van der Waals surface area contributed by atoms with Gasteiger partial charge in [-0.3, -0.25) is 4.79 Å². The van der Waals surface area contributed by atoms with Crippen molar-refractivity contribution < 1.29 is 4.79 Å². The van der Waals surface area contributed by atoms with E-state index >= 15 is 0 Å². The Balaban J connectivity index is 0.00000180. The van der Waals surface area contributed by atoms with Crippen molar-refractivity contribution in [3.05, 3.63) is 28.8 Å². The van der Waals surface area contributed by atoms with Gasteiger partial charge < -0.3 is 10.6 Å². The molecule has 0 saturated heterocycles. The summed E-state index contributed by atoms with van der Waals surface area (Å²) < 4.78 is 0. The largest absolute Gasteiger partial charge is 0.324 e. The average molecular weight is 283 g/mol. The summed E-state index contributed by atoms with van der Waals surface area (Å²) in [6.07, 6.45) is 2.39. The van der Waals surface area contributed by atoms with Crippen molar-refractivity contribution in [3.63, 3.8) is 0 Å². The molecule has 1 amide bonds. The minimum absolute atomic E-state index is 0. The molecule has 1 aliphatic carbocycles. The molecule has 1 atom stereocenters. The van der Waals surface area contributed by atoms with E-state index < -0.39 is 0 Å². The van der Waals surface area contributed by atoms with Gasteiger partial charge in [0, 0.05) is 11.7 Å². The number of halogens is 1. The maximum Gasteiger partial charge on any atom is 0.241 e. The second-order valence-corrected chi connectivity index (χ2v) is 5.43. The topological polar surface area (TPSA) is 41.1 Å². The normalized spacial score (nSPS) is 15.6. The highest BCUT2D eigenvalue weighted by atomic mass is 35.5. The lowest BCUT2D eigenvalue weighted by molar-refractivity contribution is -0.117. The second kappa shape index (κ2) is 6.40. The highest BCUT2D eigenvalue weighted by Crippen LogP contribution is 2.23. The molecule has 2 rings (SSSR count). The van der Waals surface area contributed by atoms with Crippen LogP contribution in [0.15, 0.2) is 12.1 Å². The number of amides is 1. The quantitative estimate of drug-likeness (QED) is 0.891. The molecular weight excluding hydrogens is 260 g/mol. The number of anilines is 1. The zero-order chi connectivity index (χ0) is 13.3. The molecule has 1 aromatic rings. The minimum atomic E-state index is -0.127. The average Bonchev–Trinajstić information content (AvgIpc) is 3.06. The van der Waals surface area contributed by atoms with Crippen LogP contribution in [0.4, 0.5) is 5.69 Å². The number of nitrogens with one attached hydrogen (secondary N) is 2. The molecule has 0 heterocycles. The molecule has 1 aliphatic rings. The molecule has 0 aliphatic heterocycles. The van der Waals surface area contributed by atoms with Crippen molar-refractivity contribution in [1.82, 2.24) is 5.32 Å². The van der Waals surface area contributed by atoms with Crippen molar-refractivity contribution in [2.45, 2.75) is 52.6 Å². The highest BCUT2D eigenvalue weighted by Gasteiger charge is 2.25. The number of rotatable bonds is 4. The van der Waals surface area contributed by atoms with Crippen LogP contribution in [0.2, 0.25) is 0 Å². The van der Waals surface area contributed by atoms with E-state index in [1.807, 2.05) is 20.8 Å². The van der Waals surface area contributed by atoms with E-state index in [0.717, 1.165) is 16.8 Å². The molecule has 1 saturated carbocycles. The van der Waals surface area contributed by atoms with Crippen LogP contribution in [-0.2, 0) is 4.79 Å². The first-order valence-electron chi connectivity index (χ1n) is 6.62. The number of carbonyl (C=O) groups is 1. The fourth-order valence-electron chi connectivity index (χ4n) is 2.29. The summed E-state index contributed by atoms with van der Waals surface area (Å²) in [5.41, 5.74) is 4.43. The van der Waals surface area contributed by atoms with Crippen LogP contribution in [0.25, 0.3) is 0 Å². The van der Waals surface area contributed by atoms with Crippen molar-refractivity contribution in [3.8, 4) is 0 Å². The van der Waals surface area contributed by atoms with Gasteiger partial charge in [-0.25, -0.2) is 0 Å². The third kappa shape index (κ3) is 4.22. The van der Waals surface area contributed by atoms with E-state index in [9.17, 15) is 4.79 Å². The van der Waals surface area contributed by atoms with E-state index in [-0.39, 0.29) is 24.4 Å². The van der Waals surface area contributed by atoms with Gasteiger partial charge in [-0.1, -0.05) is 17.7 Å². The Bertz CT molecular complexity index is 446. The van der Waals surface area contributed by atoms with Crippen LogP contribution >= 0.6 is 12.4 Å². The molecule has 19 heavy (non-hydrogen) atoms. The van der Waals surface area contributed by atoms with Crippen LogP contribution in [0.5, 0.6) is 0 Å². The van der Waals surface area contributed by atoms with E-state index in [1.54, 1.807) is 0 Å². The molecule has 4 heteroatoms. The molecule has 0 radical (unpaired) electrons. The summed E-state index contributed by atoms with van der Waals surface area (Å²) in [6, 6.07) is 4.62. The molecule has 1 aromatic carbocycles. The zero-order valence-electron chi connectivity index (χ0n) is 12.0. The number of aryl methyl sites for hydroxylation is 3. The van der Waals surface area contributed by atoms with Gasteiger partial charge >= 0.3 is 0 Å². The summed E-state index contributed by atoms with van der Waals surface area (Å²) in [7, 11) is 0. The first-order valence-corrected chi connectivity index (χ1v) is 6.62. The van der Waals surface area contributed by atoms with Gasteiger partial charge in [-0.15, -0.1) is 12.4 Å². The lowest BCUT2D eigenvalue weighted by Crippen LogP contribution is -2.39. The Hall–Kier alpha value is -1.06. The Kier molecular flexibility index (Phi) is 5.39. The smallest absolute Gasteiger partial charge is 0.241 e. The monoisotopic (exact) mass is 282 g/mol. The van der Waals surface area contributed by atoms with Gasteiger partial charge in [-0.05, 0) is 51.7 Å². The van der Waals surface area contributed by atoms with Gasteiger partial charge in [-0.2, -0.15) is 0 Å². The SMILES string of the molecule is Cc1cc(C)c(NC(=O)C(C)NC2CC2)c(C)c1.Cl. The summed E-state index contributed by atoms with van der Waals surface area (Å²) in [5.74, 6) is 0.0527. The first kappa shape index (κ1) is 16.0. The molecule has 1 fully saturated rings. The summed E-state index contributed by atoms with van der Waals surface area (Å²) in [6.45, 7) is 8.07. The van der Waals surface area contributed by atoms with Gasteiger partial charge in [0.25, 0.3) is 0 Å². The van der Waals surface area contributed by atoms with E-state index in [2.05, 4.69) is 29.7 Å². The number of hydrogen-bond donors (Lipinski definition) is 2. The predicted octanol–water partition coefficient (Wildman–Crippen LogP) is 3.11. The summed E-state index contributed by atoms with van der Waals surface area (Å²) in [4.78, 5) is 12.1. The van der Waals surface area contributed by atoms with E-state index in [1.165, 1.54) is 18.4 Å². The molecule has 0 bridgehead atoms. The van der Waals surface area contributed by atoms with Gasteiger partial charge in [0.1, 0.15) is 0 Å². The van der Waals surface area contributed by atoms with Gasteiger partial charge in [0.15, 0.2) is 0 Å². The molecular formula is C15H23ClN2O. The fraction of sp³-hybridized carbons (Fsp3) is 0.533. The Morgan fingerprint density at radius 2 is 1.74 bits per heavy atom. The Morgan fingerprint density at radius 3 is 2.21 bits per heavy atom. The third-order valence-corrected chi connectivity index (χ3v) is 3.38. The molecule has 0 spiro atoms. The van der Waals surface area contributed by atoms with Crippen LogP contribution in [0.3, 0.4) is 0 Å². The summed E-state index contributed by atoms with van der Waals surface area (Å²) in [5, 5.41) is 6.35. The molecule has 106 valence electrons. The number of benzene rings is 1. The molecule has 3 nitrogen and oxygen atoms in total.